The van der Waals surface area contributed by atoms with Crippen LogP contribution in [0.15, 0.2) is 23.6 Å². The van der Waals surface area contributed by atoms with E-state index in [0.29, 0.717) is 21.4 Å². The highest BCUT2D eigenvalue weighted by molar-refractivity contribution is 7.11. The van der Waals surface area contributed by atoms with E-state index in [1.807, 2.05) is 19.2 Å². The summed E-state index contributed by atoms with van der Waals surface area (Å²) in [5.41, 5.74) is 1.94. The van der Waals surface area contributed by atoms with Gasteiger partial charge >= 0.3 is 0 Å². The van der Waals surface area contributed by atoms with Crippen molar-refractivity contribution in [1.29, 1.82) is 0 Å². The molecule has 0 unspecified atom stereocenters. The van der Waals surface area contributed by atoms with Gasteiger partial charge in [-0.3, -0.25) is 9.59 Å². The first-order valence-corrected chi connectivity index (χ1v) is 7.96. The molecule has 0 aliphatic carbocycles. The Kier molecular flexibility index (Phi) is 5.15. The number of carbonyl (C=O) groups excluding carboxylic acids is 2. The largest absolute Gasteiger partial charge is 0.326 e. The van der Waals surface area contributed by atoms with Crippen LogP contribution in [0, 0.1) is 0 Å². The van der Waals surface area contributed by atoms with Crippen LogP contribution >= 0.6 is 22.9 Å². The lowest BCUT2D eigenvalue weighted by Crippen LogP contribution is -2.12. The minimum atomic E-state index is -0.300. The summed E-state index contributed by atoms with van der Waals surface area (Å²) in [6.45, 7) is 5.46. The normalized spacial score (nSPS) is 10.6. The molecule has 2 rings (SSSR count). The highest BCUT2D eigenvalue weighted by Gasteiger charge is 2.14. The minimum Gasteiger partial charge on any atom is -0.326 e. The number of hydrogen-bond acceptors (Lipinski definition) is 4. The van der Waals surface area contributed by atoms with Crippen LogP contribution in [0.4, 0.5) is 11.4 Å². The smallest absolute Gasteiger partial charge is 0.284 e. The molecule has 1 aromatic carbocycles. The maximum Gasteiger partial charge on any atom is 0.284 e. The van der Waals surface area contributed by atoms with Crippen LogP contribution in [0.25, 0.3) is 0 Å². The summed E-state index contributed by atoms with van der Waals surface area (Å²) in [6.07, 6.45) is 0. The number of halogens is 1. The van der Waals surface area contributed by atoms with E-state index in [1.165, 1.54) is 18.3 Å². The van der Waals surface area contributed by atoms with E-state index in [0.717, 1.165) is 5.69 Å². The molecule has 2 aromatic rings. The standard InChI is InChI=1S/C15H16ClN3O2S/c1-8(2)13-7-22-15(19-13)14(21)18-12-5-4-10(6-11(12)16)17-9(3)20/h4-8H,1-3H3,(H,17,20)(H,18,21). The number of carbonyl (C=O) groups is 2. The zero-order chi connectivity index (χ0) is 16.3. The molecule has 0 radical (unpaired) electrons. The molecule has 0 fully saturated rings. The highest BCUT2D eigenvalue weighted by Crippen LogP contribution is 2.26. The van der Waals surface area contributed by atoms with Crippen molar-refractivity contribution in [2.45, 2.75) is 26.7 Å². The molecule has 5 nitrogen and oxygen atoms in total. The molecule has 0 aliphatic rings. The van der Waals surface area contributed by atoms with E-state index in [1.54, 1.807) is 18.2 Å². The first-order chi connectivity index (χ1) is 10.4. The van der Waals surface area contributed by atoms with Gasteiger partial charge in [-0.2, -0.15) is 0 Å². The van der Waals surface area contributed by atoms with Gasteiger partial charge in [0.05, 0.1) is 16.4 Å². The maximum atomic E-state index is 12.2. The first kappa shape index (κ1) is 16.5. The molecule has 1 aromatic heterocycles. The maximum absolute atomic E-state index is 12.2. The number of aromatic nitrogens is 1. The average molecular weight is 338 g/mol. The monoisotopic (exact) mass is 337 g/mol. The molecule has 2 N–H and O–H groups in total. The third-order valence-electron chi connectivity index (χ3n) is 2.85. The molecule has 0 bridgehead atoms. The summed E-state index contributed by atoms with van der Waals surface area (Å²) in [5, 5.41) is 7.97. The van der Waals surface area contributed by atoms with E-state index in [-0.39, 0.29) is 17.7 Å². The molecule has 0 aliphatic heterocycles. The second-order valence-electron chi connectivity index (χ2n) is 5.06. The molecule has 0 saturated heterocycles. The molecule has 2 amide bonds. The van der Waals surface area contributed by atoms with Gasteiger partial charge in [-0.25, -0.2) is 4.98 Å². The van der Waals surface area contributed by atoms with Crippen LogP contribution in [0.1, 0.15) is 42.2 Å². The van der Waals surface area contributed by atoms with Crippen molar-refractivity contribution in [3.8, 4) is 0 Å². The predicted octanol–water partition coefficient (Wildman–Crippen LogP) is 4.13. The lowest BCUT2D eigenvalue weighted by molar-refractivity contribution is -0.114. The summed E-state index contributed by atoms with van der Waals surface area (Å²) in [5.74, 6) is -0.207. The average Bonchev–Trinajstić information content (AvgIpc) is 2.91. The van der Waals surface area contributed by atoms with Crippen molar-refractivity contribution in [2.24, 2.45) is 0 Å². The molecule has 0 saturated carbocycles. The summed E-state index contributed by atoms with van der Waals surface area (Å²) < 4.78 is 0. The van der Waals surface area contributed by atoms with Crippen LogP contribution in [0.5, 0.6) is 0 Å². The third kappa shape index (κ3) is 4.05. The van der Waals surface area contributed by atoms with Gasteiger partial charge in [-0.1, -0.05) is 25.4 Å². The van der Waals surface area contributed by atoms with Gasteiger partial charge in [0.1, 0.15) is 0 Å². The summed E-state index contributed by atoms with van der Waals surface area (Å²) >= 11 is 7.42. The molecule has 116 valence electrons. The quantitative estimate of drug-likeness (QED) is 0.881. The van der Waals surface area contributed by atoms with Crippen LogP contribution in [-0.2, 0) is 4.79 Å². The van der Waals surface area contributed by atoms with Gasteiger partial charge in [0.25, 0.3) is 5.91 Å². The van der Waals surface area contributed by atoms with Crippen molar-refractivity contribution < 1.29 is 9.59 Å². The molecule has 0 spiro atoms. The number of benzene rings is 1. The lowest BCUT2D eigenvalue weighted by Gasteiger charge is -2.08. The van der Waals surface area contributed by atoms with E-state index in [2.05, 4.69) is 15.6 Å². The SMILES string of the molecule is CC(=O)Nc1ccc(NC(=O)c2nc(C(C)C)cs2)c(Cl)c1. The molecule has 22 heavy (non-hydrogen) atoms. The van der Waals surface area contributed by atoms with Crippen LogP contribution in [0.2, 0.25) is 5.02 Å². The van der Waals surface area contributed by atoms with Gasteiger partial charge in [-0.15, -0.1) is 11.3 Å². The second kappa shape index (κ2) is 6.89. The fourth-order valence-corrected chi connectivity index (χ4v) is 2.83. The van der Waals surface area contributed by atoms with Crippen molar-refractivity contribution in [2.75, 3.05) is 10.6 Å². The Hall–Kier alpha value is -1.92. The Morgan fingerprint density at radius 2 is 2.00 bits per heavy atom. The Bertz CT molecular complexity index is 713. The second-order valence-corrected chi connectivity index (χ2v) is 6.33. The van der Waals surface area contributed by atoms with Crippen molar-refractivity contribution >= 4 is 46.1 Å². The summed E-state index contributed by atoms with van der Waals surface area (Å²) in [6, 6.07) is 4.90. The lowest BCUT2D eigenvalue weighted by atomic mass is 10.2. The number of hydrogen-bond donors (Lipinski definition) is 2. The minimum absolute atomic E-state index is 0.183. The predicted molar refractivity (Wildman–Crippen MR) is 89.9 cm³/mol. The van der Waals surface area contributed by atoms with Crippen molar-refractivity contribution in [3.63, 3.8) is 0 Å². The molecule has 0 atom stereocenters. The zero-order valence-electron chi connectivity index (χ0n) is 12.4. The number of anilines is 2. The number of amides is 2. The fraction of sp³-hybridized carbons (Fsp3) is 0.267. The fourth-order valence-electron chi connectivity index (χ4n) is 1.73. The van der Waals surface area contributed by atoms with E-state index in [4.69, 9.17) is 11.6 Å². The van der Waals surface area contributed by atoms with Crippen LogP contribution in [-0.4, -0.2) is 16.8 Å². The zero-order valence-corrected chi connectivity index (χ0v) is 14.0. The molecule has 1 heterocycles. The Labute approximate surface area is 137 Å². The van der Waals surface area contributed by atoms with E-state index >= 15 is 0 Å². The number of nitrogens with zero attached hydrogens (tertiary/aromatic N) is 1. The van der Waals surface area contributed by atoms with Crippen molar-refractivity contribution in [1.82, 2.24) is 4.98 Å². The molecular formula is C15H16ClN3O2S. The molecular weight excluding hydrogens is 322 g/mol. The third-order valence-corrected chi connectivity index (χ3v) is 4.02. The van der Waals surface area contributed by atoms with Gasteiger partial charge in [-0.05, 0) is 24.1 Å². The number of thiazole rings is 1. The van der Waals surface area contributed by atoms with Gasteiger partial charge < -0.3 is 10.6 Å². The topological polar surface area (TPSA) is 71.1 Å². The van der Waals surface area contributed by atoms with E-state index < -0.39 is 0 Å². The Morgan fingerprint density at radius 3 is 2.55 bits per heavy atom. The summed E-state index contributed by atoms with van der Waals surface area (Å²) in [7, 11) is 0. The van der Waals surface area contributed by atoms with Crippen LogP contribution < -0.4 is 10.6 Å². The van der Waals surface area contributed by atoms with Crippen LogP contribution in [0.3, 0.4) is 0 Å². The van der Waals surface area contributed by atoms with E-state index in [9.17, 15) is 9.59 Å². The Balaban J connectivity index is 2.12. The first-order valence-electron chi connectivity index (χ1n) is 6.70. The van der Waals surface area contributed by atoms with Gasteiger partial charge in [0.15, 0.2) is 5.01 Å². The summed E-state index contributed by atoms with van der Waals surface area (Å²) in [4.78, 5) is 27.5. The number of nitrogens with one attached hydrogen (secondary N) is 2. The van der Waals surface area contributed by atoms with Crippen molar-refractivity contribution in [3.05, 3.63) is 39.3 Å². The molecule has 7 heteroatoms. The van der Waals surface area contributed by atoms with Gasteiger partial charge in [0.2, 0.25) is 5.91 Å². The number of rotatable bonds is 4. The highest BCUT2D eigenvalue weighted by atomic mass is 35.5. The Morgan fingerprint density at radius 1 is 1.27 bits per heavy atom. The van der Waals surface area contributed by atoms with Gasteiger partial charge in [0, 0.05) is 18.0 Å².